The summed E-state index contributed by atoms with van der Waals surface area (Å²) in [5, 5.41) is 5.31. The third kappa shape index (κ3) is 3.44. The number of hydrogen-bond acceptors (Lipinski definition) is 6. The van der Waals surface area contributed by atoms with E-state index >= 15 is 0 Å². The number of amides is 1. The molecule has 4 rings (SSSR count). The van der Waals surface area contributed by atoms with E-state index in [2.05, 4.69) is 25.3 Å². The first-order chi connectivity index (χ1) is 13.3. The standard InChI is InChI=1S/C17H15F4N5O2/c18-9-7-11(24-12(8-9)26-5-3-22-4-6-26)10-1-2-23-15-13(10)14(17(19,20)21)28-16(27)25-15/h1-2,7-8,14,22H,3-6H2,(H,23,25,27)/t14-/m1/s1. The highest BCUT2D eigenvalue weighted by atomic mass is 19.4. The lowest BCUT2D eigenvalue weighted by molar-refractivity contribution is -0.206. The molecule has 1 atom stereocenters. The van der Waals surface area contributed by atoms with E-state index < -0.39 is 29.8 Å². The Kier molecular flexibility index (Phi) is 4.53. The number of cyclic esters (lactones) is 1. The second-order valence-corrected chi connectivity index (χ2v) is 6.34. The van der Waals surface area contributed by atoms with Gasteiger partial charge in [-0.25, -0.2) is 19.2 Å². The summed E-state index contributed by atoms with van der Waals surface area (Å²) < 4.78 is 59.2. The molecular weight excluding hydrogens is 382 g/mol. The number of nitrogens with zero attached hydrogens (tertiary/aromatic N) is 3. The van der Waals surface area contributed by atoms with E-state index in [4.69, 9.17) is 0 Å². The molecule has 1 amide bonds. The van der Waals surface area contributed by atoms with Gasteiger partial charge in [0.05, 0.1) is 11.3 Å². The molecule has 0 bridgehead atoms. The van der Waals surface area contributed by atoms with Crippen LogP contribution in [0.1, 0.15) is 11.7 Å². The first-order valence-corrected chi connectivity index (χ1v) is 8.50. The van der Waals surface area contributed by atoms with Gasteiger partial charge in [-0.05, 0) is 6.07 Å². The van der Waals surface area contributed by atoms with Gasteiger partial charge in [-0.1, -0.05) is 0 Å². The lowest BCUT2D eigenvalue weighted by Gasteiger charge is -2.30. The van der Waals surface area contributed by atoms with Crippen LogP contribution in [0.5, 0.6) is 0 Å². The molecule has 148 valence electrons. The third-order valence-corrected chi connectivity index (χ3v) is 4.49. The largest absolute Gasteiger partial charge is 0.431 e. The Balaban J connectivity index is 1.83. The third-order valence-electron chi connectivity index (χ3n) is 4.49. The fourth-order valence-corrected chi connectivity index (χ4v) is 3.26. The average molecular weight is 397 g/mol. The molecule has 0 spiro atoms. The first kappa shape index (κ1) is 18.4. The molecule has 0 radical (unpaired) electrons. The molecule has 1 fully saturated rings. The van der Waals surface area contributed by atoms with Crippen molar-refractivity contribution in [2.75, 3.05) is 36.4 Å². The molecule has 7 nitrogen and oxygen atoms in total. The smallest absolute Gasteiger partial charge is 0.430 e. The van der Waals surface area contributed by atoms with Gasteiger partial charge >= 0.3 is 12.3 Å². The van der Waals surface area contributed by atoms with E-state index in [-0.39, 0.29) is 17.1 Å². The second-order valence-electron chi connectivity index (χ2n) is 6.34. The van der Waals surface area contributed by atoms with E-state index in [1.54, 1.807) is 0 Å². The van der Waals surface area contributed by atoms with Crippen molar-refractivity contribution in [1.82, 2.24) is 15.3 Å². The zero-order valence-corrected chi connectivity index (χ0v) is 14.4. The van der Waals surface area contributed by atoms with Gasteiger partial charge < -0.3 is 15.0 Å². The number of carbonyl (C=O) groups excluding carboxylic acids is 1. The number of ether oxygens (including phenoxy) is 1. The summed E-state index contributed by atoms with van der Waals surface area (Å²) in [6.07, 6.45) is -7.41. The normalized spacial score (nSPS) is 19.6. The van der Waals surface area contributed by atoms with E-state index in [1.165, 1.54) is 18.3 Å². The monoisotopic (exact) mass is 397 g/mol. The average Bonchev–Trinajstić information content (AvgIpc) is 2.66. The van der Waals surface area contributed by atoms with Crippen LogP contribution >= 0.6 is 0 Å². The Morgan fingerprint density at radius 1 is 1.21 bits per heavy atom. The number of aromatic nitrogens is 2. The SMILES string of the molecule is O=C1Nc2nccc(-c3cc(F)cc(N4CCNCC4)n3)c2[C@H](C(F)(F)F)O1. The van der Waals surface area contributed by atoms with Gasteiger partial charge in [0.2, 0.25) is 6.10 Å². The number of rotatable bonds is 2. The van der Waals surface area contributed by atoms with Crippen LogP contribution in [0.2, 0.25) is 0 Å². The molecule has 2 N–H and O–H groups in total. The maximum atomic E-state index is 14.3. The number of alkyl halides is 3. The van der Waals surface area contributed by atoms with Crippen LogP contribution in [-0.2, 0) is 4.74 Å². The highest BCUT2D eigenvalue weighted by Gasteiger charge is 2.49. The Morgan fingerprint density at radius 3 is 2.68 bits per heavy atom. The van der Waals surface area contributed by atoms with Gasteiger partial charge in [0.15, 0.2) is 0 Å². The van der Waals surface area contributed by atoms with Crippen molar-refractivity contribution in [3.63, 3.8) is 0 Å². The summed E-state index contributed by atoms with van der Waals surface area (Å²) >= 11 is 0. The number of nitrogens with one attached hydrogen (secondary N) is 2. The van der Waals surface area contributed by atoms with Crippen LogP contribution in [0.4, 0.5) is 34.0 Å². The first-order valence-electron chi connectivity index (χ1n) is 8.50. The van der Waals surface area contributed by atoms with Gasteiger partial charge in [-0.15, -0.1) is 0 Å². The van der Waals surface area contributed by atoms with Crippen LogP contribution in [0.25, 0.3) is 11.3 Å². The van der Waals surface area contributed by atoms with E-state index in [9.17, 15) is 22.4 Å². The van der Waals surface area contributed by atoms with Crippen molar-refractivity contribution in [2.24, 2.45) is 0 Å². The number of anilines is 2. The summed E-state index contributed by atoms with van der Waals surface area (Å²) in [7, 11) is 0. The maximum absolute atomic E-state index is 14.3. The Bertz CT molecular complexity index is 915. The Morgan fingerprint density at radius 2 is 1.96 bits per heavy atom. The van der Waals surface area contributed by atoms with Crippen molar-refractivity contribution in [2.45, 2.75) is 12.3 Å². The van der Waals surface area contributed by atoms with Crippen molar-refractivity contribution in [3.05, 3.63) is 35.8 Å². The Hall–Kier alpha value is -2.95. The topological polar surface area (TPSA) is 79.4 Å². The van der Waals surface area contributed by atoms with Crippen LogP contribution < -0.4 is 15.5 Å². The molecule has 2 aliphatic rings. The lowest BCUT2D eigenvalue weighted by atomic mass is 9.99. The van der Waals surface area contributed by atoms with Gasteiger partial charge in [-0.2, -0.15) is 13.2 Å². The molecule has 2 aromatic rings. The fourth-order valence-electron chi connectivity index (χ4n) is 3.26. The van der Waals surface area contributed by atoms with Gasteiger partial charge in [-0.3, -0.25) is 5.32 Å². The minimum Gasteiger partial charge on any atom is -0.431 e. The zero-order chi connectivity index (χ0) is 19.9. The predicted molar refractivity (Wildman–Crippen MR) is 91.4 cm³/mol. The number of halogens is 4. The molecule has 2 aliphatic heterocycles. The summed E-state index contributed by atoms with van der Waals surface area (Å²) in [5.41, 5.74) is -0.414. The molecular formula is C17H15F4N5O2. The lowest BCUT2D eigenvalue weighted by Crippen LogP contribution is -2.44. The zero-order valence-electron chi connectivity index (χ0n) is 14.4. The fraction of sp³-hybridized carbons (Fsp3) is 0.353. The maximum Gasteiger partial charge on any atom is 0.430 e. The van der Waals surface area contributed by atoms with Crippen molar-refractivity contribution >= 4 is 17.7 Å². The molecule has 0 unspecified atom stereocenters. The molecule has 0 aliphatic carbocycles. The minimum atomic E-state index is -4.86. The van der Waals surface area contributed by atoms with E-state index in [0.29, 0.717) is 32.0 Å². The molecule has 4 heterocycles. The van der Waals surface area contributed by atoms with Crippen molar-refractivity contribution < 1.29 is 27.1 Å². The van der Waals surface area contributed by atoms with Crippen LogP contribution in [0, 0.1) is 5.82 Å². The molecule has 1 saturated heterocycles. The summed E-state index contributed by atoms with van der Waals surface area (Å²) in [6.45, 7) is 2.56. The minimum absolute atomic E-state index is 0.00109. The highest BCUT2D eigenvalue weighted by molar-refractivity contribution is 5.89. The Labute approximate surface area is 156 Å². The van der Waals surface area contributed by atoms with Crippen molar-refractivity contribution in [1.29, 1.82) is 0 Å². The summed E-state index contributed by atoms with van der Waals surface area (Å²) in [4.78, 5) is 21.5. The number of hydrogen-bond donors (Lipinski definition) is 2. The quantitative estimate of drug-likeness (QED) is 0.759. The summed E-state index contributed by atoms with van der Waals surface area (Å²) in [6, 6.07) is 3.58. The molecule has 0 saturated carbocycles. The van der Waals surface area contributed by atoms with E-state index in [0.717, 1.165) is 6.07 Å². The van der Waals surface area contributed by atoms with Crippen molar-refractivity contribution in [3.8, 4) is 11.3 Å². The number of pyridine rings is 2. The molecule has 11 heteroatoms. The second kappa shape index (κ2) is 6.89. The molecule has 0 aromatic carbocycles. The summed E-state index contributed by atoms with van der Waals surface area (Å²) in [5.74, 6) is -0.592. The van der Waals surface area contributed by atoms with Crippen LogP contribution in [0.15, 0.2) is 24.4 Å². The number of piperazine rings is 1. The van der Waals surface area contributed by atoms with Crippen LogP contribution in [-0.4, -0.2) is 48.4 Å². The predicted octanol–water partition coefficient (Wildman–Crippen LogP) is 2.86. The van der Waals surface area contributed by atoms with Crippen LogP contribution in [0.3, 0.4) is 0 Å². The van der Waals surface area contributed by atoms with Gasteiger partial charge in [0, 0.05) is 50.1 Å². The number of carbonyl (C=O) groups is 1. The van der Waals surface area contributed by atoms with Gasteiger partial charge in [0.25, 0.3) is 0 Å². The van der Waals surface area contributed by atoms with Gasteiger partial charge in [0.1, 0.15) is 17.5 Å². The highest BCUT2D eigenvalue weighted by Crippen LogP contribution is 2.45. The molecule has 28 heavy (non-hydrogen) atoms. The number of fused-ring (bicyclic) bond motifs is 1. The van der Waals surface area contributed by atoms with E-state index in [1.807, 2.05) is 4.90 Å². The molecule has 2 aromatic heterocycles.